The normalized spacial score (nSPS) is 15.0. The summed E-state index contributed by atoms with van der Waals surface area (Å²) in [5, 5.41) is 24.3. The van der Waals surface area contributed by atoms with Crippen LogP contribution in [0.3, 0.4) is 0 Å². The predicted molar refractivity (Wildman–Crippen MR) is 241 cm³/mol. The topological polar surface area (TPSA) is 156 Å². The minimum absolute atomic E-state index is 0.0223. The Kier molecular flexibility index (Phi) is 15.9. The summed E-state index contributed by atoms with van der Waals surface area (Å²) in [4.78, 5) is 15.9. The lowest BCUT2D eigenvalue weighted by Gasteiger charge is -2.36. The van der Waals surface area contributed by atoms with Gasteiger partial charge in [0.15, 0.2) is 0 Å². The summed E-state index contributed by atoms with van der Waals surface area (Å²) >= 11 is 7.48. The molecule has 4 N–H and O–H groups in total. The summed E-state index contributed by atoms with van der Waals surface area (Å²) in [6.45, 7) is 1.83. The maximum absolute atomic E-state index is 14.1. The van der Waals surface area contributed by atoms with Crippen LogP contribution in [-0.4, -0.2) is 95.0 Å². The summed E-state index contributed by atoms with van der Waals surface area (Å²) in [6.07, 6.45) is 0.970. The molecule has 0 aliphatic carbocycles. The van der Waals surface area contributed by atoms with E-state index in [1.54, 1.807) is 19.2 Å². The number of halogens is 4. The van der Waals surface area contributed by atoms with Gasteiger partial charge in [-0.05, 0) is 122 Å². The second kappa shape index (κ2) is 20.9. The van der Waals surface area contributed by atoms with Gasteiger partial charge in [-0.25, -0.2) is 21.6 Å². The summed E-state index contributed by atoms with van der Waals surface area (Å²) in [5.41, 5.74) is -2.84. The number of carbonyl (C=O) groups excluding carboxylic acids is 1. The highest BCUT2D eigenvalue weighted by molar-refractivity contribution is 7.99. The average Bonchev–Trinajstić information content (AvgIpc) is 3.27. The summed E-state index contributed by atoms with van der Waals surface area (Å²) in [6, 6.07) is 32.2. The number of sulfonamides is 1. The Hall–Kier alpha value is -4.62. The lowest BCUT2D eigenvalue weighted by atomic mass is 9.84. The second-order valence-corrected chi connectivity index (χ2v) is 20.4. The van der Waals surface area contributed by atoms with Crippen molar-refractivity contribution in [2.24, 2.45) is 5.92 Å². The van der Waals surface area contributed by atoms with Crippen LogP contribution in [0.1, 0.15) is 41.3 Å². The van der Waals surface area contributed by atoms with Gasteiger partial charge in [-0.3, -0.25) is 4.79 Å². The highest BCUT2D eigenvalue weighted by Crippen LogP contribution is 2.39. The van der Waals surface area contributed by atoms with Crippen molar-refractivity contribution in [2.45, 2.75) is 51.6 Å². The lowest BCUT2D eigenvalue weighted by molar-refractivity contribution is -0.0435. The number of hydrogen-bond donors (Lipinski definition) is 4. The van der Waals surface area contributed by atoms with Crippen molar-refractivity contribution in [3.8, 4) is 11.1 Å². The Balaban J connectivity index is 1.14. The molecule has 1 saturated heterocycles. The van der Waals surface area contributed by atoms with Crippen LogP contribution in [-0.2, 0) is 19.9 Å². The third-order valence-electron chi connectivity index (χ3n) is 10.9. The number of hydrogen-bond acceptors (Lipinski definition) is 11. The fourth-order valence-corrected chi connectivity index (χ4v) is 10.5. The Morgan fingerprint density at radius 3 is 2.19 bits per heavy atom. The molecular formula is C45H48ClF3N4O7S3. The minimum atomic E-state index is -6.09. The largest absolute Gasteiger partial charge is 0.501 e. The SMILES string of the molecule is CN(CCO)CC[C@@H](CSc1ccccc1)Nc1ccc(S(=O)(=O)NC(=O)c2ccc(N3CCC([C@@H](O)c4ccccc4-c4ccc(Cl)cc4)CC3)cc2)cc1S(=O)(=O)C(F)(F)F. The van der Waals surface area contributed by atoms with Gasteiger partial charge in [0, 0.05) is 52.6 Å². The molecule has 1 aliphatic rings. The molecule has 1 aliphatic heterocycles. The molecule has 5 aromatic carbocycles. The molecule has 0 unspecified atom stereocenters. The first-order chi connectivity index (χ1) is 30.0. The van der Waals surface area contributed by atoms with Gasteiger partial charge in [-0.1, -0.05) is 66.2 Å². The number of aliphatic hydroxyl groups excluding tert-OH is 2. The van der Waals surface area contributed by atoms with E-state index in [1.807, 2.05) is 88.5 Å². The van der Waals surface area contributed by atoms with Gasteiger partial charge in [0.05, 0.1) is 23.3 Å². The van der Waals surface area contributed by atoms with Gasteiger partial charge < -0.3 is 25.3 Å². The number of likely N-dealkylation sites (N-methyl/N-ethyl adjacent to an activating group) is 1. The van der Waals surface area contributed by atoms with Crippen molar-refractivity contribution in [1.29, 1.82) is 0 Å². The van der Waals surface area contributed by atoms with Crippen LogP contribution < -0.4 is 14.9 Å². The number of benzene rings is 5. The molecule has 0 aromatic heterocycles. The maximum Gasteiger partial charge on any atom is 0.501 e. The van der Waals surface area contributed by atoms with Crippen LogP contribution in [0, 0.1) is 5.92 Å². The molecule has 1 amide bonds. The molecule has 336 valence electrons. The standard InChI is InChI=1S/C45H48ClF3N4O7S3/c1-52(27-28-54)24-23-35(30-61-37-7-3-2-4-8-37)50-41-20-19-38(29-42(41)62(57,58)45(47,48)49)63(59,60)51-44(56)33-13-17-36(18-14-33)53-25-21-32(22-26-53)43(55)40-10-6-5-9-39(40)31-11-15-34(46)16-12-31/h2-20,29,32,35,43,50,54-55H,21-28,30H2,1H3,(H,51,56)/t35-,43+/m0/s1. The van der Waals surface area contributed by atoms with E-state index in [0.717, 1.165) is 39.4 Å². The van der Waals surface area contributed by atoms with Gasteiger partial charge in [0.1, 0.15) is 4.90 Å². The van der Waals surface area contributed by atoms with Crippen molar-refractivity contribution in [3.63, 3.8) is 0 Å². The predicted octanol–water partition coefficient (Wildman–Crippen LogP) is 8.26. The van der Waals surface area contributed by atoms with E-state index in [2.05, 4.69) is 10.2 Å². The van der Waals surface area contributed by atoms with E-state index in [9.17, 15) is 45.0 Å². The fraction of sp³-hybridized carbons (Fsp3) is 0.311. The smallest absolute Gasteiger partial charge is 0.395 e. The number of alkyl halides is 3. The Morgan fingerprint density at radius 2 is 1.54 bits per heavy atom. The number of sulfone groups is 1. The van der Waals surface area contributed by atoms with Crippen LogP contribution in [0.5, 0.6) is 0 Å². The molecule has 0 saturated carbocycles. The van der Waals surface area contributed by atoms with E-state index >= 15 is 0 Å². The van der Waals surface area contributed by atoms with Crippen LogP contribution in [0.25, 0.3) is 11.1 Å². The first kappa shape index (κ1) is 47.8. The molecule has 63 heavy (non-hydrogen) atoms. The number of anilines is 2. The van der Waals surface area contributed by atoms with Gasteiger partial charge in [0.2, 0.25) is 0 Å². The first-order valence-electron chi connectivity index (χ1n) is 20.1. The number of rotatable bonds is 18. The van der Waals surface area contributed by atoms with Crippen molar-refractivity contribution in [2.75, 3.05) is 55.8 Å². The zero-order valence-corrected chi connectivity index (χ0v) is 37.4. The highest BCUT2D eigenvalue weighted by atomic mass is 35.5. The molecule has 0 radical (unpaired) electrons. The van der Waals surface area contributed by atoms with Gasteiger partial charge in [-0.15, -0.1) is 11.8 Å². The number of nitrogens with zero attached hydrogens (tertiary/aromatic N) is 2. The van der Waals surface area contributed by atoms with E-state index in [0.29, 0.717) is 62.3 Å². The van der Waals surface area contributed by atoms with Crippen molar-refractivity contribution in [3.05, 3.63) is 137 Å². The number of carbonyl (C=O) groups is 1. The van der Waals surface area contributed by atoms with Gasteiger partial charge >= 0.3 is 5.51 Å². The second-order valence-electron chi connectivity index (χ2n) is 15.2. The number of nitrogens with one attached hydrogen (secondary N) is 2. The van der Waals surface area contributed by atoms with E-state index < -0.39 is 58.9 Å². The molecule has 5 aromatic rings. The minimum Gasteiger partial charge on any atom is -0.395 e. The maximum atomic E-state index is 14.1. The zero-order chi connectivity index (χ0) is 45.4. The molecule has 18 heteroatoms. The summed E-state index contributed by atoms with van der Waals surface area (Å²) in [5.74, 6) is -0.791. The Bertz CT molecular complexity index is 2550. The average molecular weight is 946 g/mol. The van der Waals surface area contributed by atoms with E-state index in [-0.39, 0.29) is 18.1 Å². The first-order valence-corrected chi connectivity index (χ1v) is 24.4. The van der Waals surface area contributed by atoms with E-state index in [4.69, 9.17) is 11.6 Å². The quantitative estimate of drug-likeness (QED) is 0.0628. The van der Waals surface area contributed by atoms with E-state index in [1.165, 1.54) is 23.9 Å². The molecule has 1 heterocycles. The number of piperidine rings is 1. The Morgan fingerprint density at radius 1 is 0.889 bits per heavy atom. The van der Waals surface area contributed by atoms with Crippen LogP contribution in [0.15, 0.2) is 136 Å². The van der Waals surface area contributed by atoms with Gasteiger partial charge in [0.25, 0.3) is 25.8 Å². The molecule has 2 atom stereocenters. The number of aliphatic hydroxyl groups is 2. The highest BCUT2D eigenvalue weighted by Gasteiger charge is 2.48. The fourth-order valence-electron chi connectivity index (χ4n) is 7.36. The van der Waals surface area contributed by atoms with Gasteiger partial charge in [-0.2, -0.15) is 13.2 Å². The van der Waals surface area contributed by atoms with Crippen molar-refractivity contribution >= 4 is 60.5 Å². The number of amides is 1. The van der Waals surface area contributed by atoms with Crippen LogP contribution in [0.4, 0.5) is 24.5 Å². The monoisotopic (exact) mass is 944 g/mol. The summed E-state index contributed by atoms with van der Waals surface area (Å²) < 4.78 is 97.1. The molecule has 0 bridgehead atoms. The van der Waals surface area contributed by atoms with Crippen molar-refractivity contribution in [1.82, 2.24) is 9.62 Å². The van der Waals surface area contributed by atoms with Crippen LogP contribution >= 0.6 is 23.4 Å². The molecule has 0 spiro atoms. The summed E-state index contributed by atoms with van der Waals surface area (Å²) in [7, 11) is -9.22. The molecule has 1 fully saturated rings. The van der Waals surface area contributed by atoms with Crippen LogP contribution in [0.2, 0.25) is 5.02 Å². The number of thioether (sulfide) groups is 1. The third-order valence-corrected chi connectivity index (χ3v) is 15.2. The van der Waals surface area contributed by atoms with Crippen molar-refractivity contribution < 1.29 is 45.0 Å². The Labute approximate surface area is 375 Å². The molecule has 6 rings (SSSR count). The zero-order valence-electron chi connectivity index (χ0n) is 34.2. The third kappa shape index (κ3) is 12.1. The molecular weight excluding hydrogens is 897 g/mol. The lowest BCUT2D eigenvalue weighted by Crippen LogP contribution is -2.36. The molecule has 11 nitrogen and oxygen atoms in total.